The first kappa shape index (κ1) is 19.6. The van der Waals surface area contributed by atoms with Gasteiger partial charge in [0, 0.05) is 11.9 Å². The van der Waals surface area contributed by atoms with Crippen molar-refractivity contribution in [1.29, 1.82) is 0 Å². The van der Waals surface area contributed by atoms with E-state index in [9.17, 15) is 9.59 Å². The Morgan fingerprint density at radius 1 is 1.12 bits per heavy atom. The van der Waals surface area contributed by atoms with Crippen molar-refractivity contribution in [3.63, 3.8) is 0 Å². The quantitative estimate of drug-likeness (QED) is 0.705. The maximum absolute atomic E-state index is 12.4. The van der Waals surface area contributed by atoms with E-state index >= 15 is 0 Å². The van der Waals surface area contributed by atoms with Crippen LogP contribution in [0.1, 0.15) is 13.3 Å². The van der Waals surface area contributed by atoms with Crippen molar-refractivity contribution in [3.05, 3.63) is 58.9 Å². The Morgan fingerprint density at radius 3 is 2.46 bits per heavy atom. The highest BCUT2D eigenvalue weighted by Gasteiger charge is 2.27. The number of hydrogen-bond donors (Lipinski definition) is 0. The standard InChI is InChI=1S/C19H20ClNO5/c1-4-11-26-16-9-8-13(12-15(16)20)21-10-6-5-7-14(18(22)24-2)17(21)19(23)25-3/h5-10,12H,4,11H2,1-3H3. The molecule has 0 fully saturated rings. The first-order valence-corrected chi connectivity index (χ1v) is 8.38. The molecule has 0 saturated carbocycles. The van der Waals surface area contributed by atoms with E-state index in [1.165, 1.54) is 25.2 Å². The number of allylic oxidation sites excluding steroid dienone is 2. The molecular weight excluding hydrogens is 358 g/mol. The van der Waals surface area contributed by atoms with E-state index in [-0.39, 0.29) is 11.3 Å². The molecule has 0 unspecified atom stereocenters. The van der Waals surface area contributed by atoms with E-state index in [1.807, 2.05) is 6.92 Å². The molecule has 7 heteroatoms. The monoisotopic (exact) mass is 377 g/mol. The number of rotatable bonds is 6. The van der Waals surface area contributed by atoms with Gasteiger partial charge >= 0.3 is 11.9 Å². The average Bonchev–Trinajstić information content (AvgIpc) is 2.88. The van der Waals surface area contributed by atoms with Crippen LogP contribution in [-0.4, -0.2) is 32.8 Å². The molecule has 1 heterocycles. The summed E-state index contributed by atoms with van der Waals surface area (Å²) in [5.41, 5.74) is 0.676. The second-order valence-electron chi connectivity index (χ2n) is 5.28. The number of benzene rings is 1. The van der Waals surface area contributed by atoms with Crippen molar-refractivity contribution in [2.24, 2.45) is 0 Å². The van der Waals surface area contributed by atoms with Gasteiger partial charge in [0.15, 0.2) is 0 Å². The summed E-state index contributed by atoms with van der Waals surface area (Å²) in [5, 5.41) is 0.394. The fourth-order valence-electron chi connectivity index (χ4n) is 2.33. The number of anilines is 1. The number of carbonyl (C=O) groups excluding carboxylic acids is 2. The summed E-state index contributed by atoms with van der Waals surface area (Å²) in [4.78, 5) is 26.0. The number of esters is 2. The van der Waals surface area contributed by atoms with E-state index in [0.717, 1.165) is 6.42 Å². The number of halogens is 1. The molecule has 0 saturated heterocycles. The Kier molecular flexibility index (Phi) is 6.86. The van der Waals surface area contributed by atoms with Gasteiger partial charge in [-0.2, -0.15) is 0 Å². The van der Waals surface area contributed by atoms with Gasteiger partial charge in [-0.1, -0.05) is 24.6 Å². The zero-order chi connectivity index (χ0) is 19.1. The number of methoxy groups -OCH3 is 2. The van der Waals surface area contributed by atoms with Crippen LogP contribution in [0.25, 0.3) is 0 Å². The summed E-state index contributed by atoms with van der Waals surface area (Å²) in [7, 11) is 2.49. The van der Waals surface area contributed by atoms with Gasteiger partial charge in [-0.05, 0) is 36.8 Å². The minimum absolute atomic E-state index is 0.0302. The molecule has 0 N–H and O–H groups in total. The highest BCUT2D eigenvalue weighted by molar-refractivity contribution is 6.32. The SMILES string of the molecule is CCCOc1ccc(N2C=CC=CC(C(=O)OC)=C2C(=O)OC)cc1Cl. The van der Waals surface area contributed by atoms with Crippen molar-refractivity contribution in [2.75, 3.05) is 25.7 Å². The van der Waals surface area contributed by atoms with Crippen molar-refractivity contribution >= 4 is 29.2 Å². The van der Waals surface area contributed by atoms with Crippen molar-refractivity contribution in [3.8, 4) is 5.75 Å². The van der Waals surface area contributed by atoms with Crippen LogP contribution in [0.4, 0.5) is 5.69 Å². The highest BCUT2D eigenvalue weighted by atomic mass is 35.5. The van der Waals surface area contributed by atoms with Crippen LogP contribution in [0.2, 0.25) is 5.02 Å². The summed E-state index contributed by atoms with van der Waals surface area (Å²) in [6.07, 6.45) is 7.31. The second-order valence-corrected chi connectivity index (χ2v) is 5.69. The summed E-state index contributed by atoms with van der Waals surface area (Å²) >= 11 is 6.30. The van der Waals surface area contributed by atoms with E-state index in [0.29, 0.717) is 23.1 Å². The predicted octanol–water partition coefficient (Wildman–Crippen LogP) is 3.62. The Bertz CT molecular complexity index is 782. The van der Waals surface area contributed by atoms with Gasteiger partial charge in [-0.3, -0.25) is 0 Å². The number of ether oxygens (including phenoxy) is 3. The second kappa shape index (κ2) is 9.10. The average molecular weight is 378 g/mol. The van der Waals surface area contributed by atoms with Crippen molar-refractivity contribution < 1.29 is 23.8 Å². The fourth-order valence-corrected chi connectivity index (χ4v) is 2.56. The van der Waals surface area contributed by atoms with Crippen LogP contribution in [-0.2, 0) is 19.1 Å². The summed E-state index contributed by atoms with van der Waals surface area (Å²) in [6.45, 7) is 2.55. The number of carbonyl (C=O) groups is 2. The molecular formula is C19H20ClNO5. The minimum Gasteiger partial charge on any atom is -0.492 e. The normalized spacial score (nSPS) is 13.5. The minimum atomic E-state index is -0.677. The first-order chi connectivity index (χ1) is 12.5. The number of nitrogens with zero attached hydrogens (tertiary/aromatic N) is 1. The summed E-state index contributed by atoms with van der Waals surface area (Å²) in [6, 6.07) is 5.11. The third-order valence-corrected chi connectivity index (χ3v) is 3.84. The van der Waals surface area contributed by atoms with E-state index in [4.69, 9.17) is 25.8 Å². The van der Waals surface area contributed by atoms with Gasteiger partial charge in [0.2, 0.25) is 0 Å². The van der Waals surface area contributed by atoms with E-state index in [2.05, 4.69) is 0 Å². The lowest BCUT2D eigenvalue weighted by Crippen LogP contribution is -2.26. The smallest absolute Gasteiger partial charge is 0.355 e. The van der Waals surface area contributed by atoms with Gasteiger partial charge in [0.1, 0.15) is 11.4 Å². The van der Waals surface area contributed by atoms with Gasteiger partial charge < -0.3 is 19.1 Å². The van der Waals surface area contributed by atoms with Gasteiger partial charge in [-0.15, -0.1) is 0 Å². The van der Waals surface area contributed by atoms with Crippen LogP contribution < -0.4 is 9.64 Å². The number of hydrogen-bond acceptors (Lipinski definition) is 6. The van der Waals surface area contributed by atoms with Crippen LogP contribution in [0.15, 0.2) is 53.9 Å². The van der Waals surface area contributed by atoms with Crippen molar-refractivity contribution in [1.82, 2.24) is 0 Å². The Morgan fingerprint density at radius 2 is 1.85 bits per heavy atom. The molecule has 2 rings (SSSR count). The summed E-state index contributed by atoms with van der Waals surface area (Å²) in [5.74, 6) is -0.778. The third-order valence-electron chi connectivity index (χ3n) is 3.54. The molecule has 0 atom stereocenters. The third kappa shape index (κ3) is 4.26. The molecule has 0 bridgehead atoms. The molecule has 1 aliphatic heterocycles. The Hall–Kier alpha value is -2.73. The lowest BCUT2D eigenvalue weighted by Gasteiger charge is -2.23. The van der Waals surface area contributed by atoms with Crippen LogP contribution in [0.3, 0.4) is 0 Å². The lowest BCUT2D eigenvalue weighted by molar-refractivity contribution is -0.139. The Labute approximate surface area is 157 Å². The van der Waals surface area contributed by atoms with E-state index < -0.39 is 11.9 Å². The van der Waals surface area contributed by atoms with Crippen LogP contribution in [0, 0.1) is 0 Å². The van der Waals surface area contributed by atoms with E-state index in [1.54, 1.807) is 36.6 Å². The van der Waals surface area contributed by atoms with Gasteiger partial charge in [0.25, 0.3) is 0 Å². The Balaban J connectivity index is 2.53. The first-order valence-electron chi connectivity index (χ1n) is 8.00. The molecule has 1 aromatic carbocycles. The highest BCUT2D eigenvalue weighted by Crippen LogP contribution is 2.33. The molecule has 0 amide bonds. The largest absolute Gasteiger partial charge is 0.492 e. The summed E-state index contributed by atoms with van der Waals surface area (Å²) < 4.78 is 15.2. The zero-order valence-electron chi connectivity index (χ0n) is 14.8. The van der Waals surface area contributed by atoms with Crippen LogP contribution >= 0.6 is 11.6 Å². The molecule has 0 aromatic heterocycles. The molecule has 1 aromatic rings. The van der Waals surface area contributed by atoms with Crippen LogP contribution in [0.5, 0.6) is 5.75 Å². The molecule has 138 valence electrons. The van der Waals surface area contributed by atoms with Gasteiger partial charge in [-0.25, -0.2) is 9.59 Å². The molecule has 0 radical (unpaired) electrons. The molecule has 6 nitrogen and oxygen atoms in total. The maximum Gasteiger partial charge on any atom is 0.355 e. The lowest BCUT2D eigenvalue weighted by atomic mass is 10.1. The molecule has 1 aliphatic rings. The molecule has 0 spiro atoms. The molecule has 0 aliphatic carbocycles. The maximum atomic E-state index is 12.4. The predicted molar refractivity (Wildman–Crippen MR) is 99.1 cm³/mol. The van der Waals surface area contributed by atoms with Crippen molar-refractivity contribution in [2.45, 2.75) is 13.3 Å². The van der Waals surface area contributed by atoms with Gasteiger partial charge in [0.05, 0.1) is 31.4 Å². The topological polar surface area (TPSA) is 65.1 Å². The molecule has 26 heavy (non-hydrogen) atoms. The zero-order valence-corrected chi connectivity index (χ0v) is 15.6. The fraction of sp³-hybridized carbons (Fsp3) is 0.263.